The van der Waals surface area contributed by atoms with Gasteiger partial charge in [-0.05, 0) is 38.8 Å². The predicted octanol–water partition coefficient (Wildman–Crippen LogP) is 2.35. The number of nitrogens with zero attached hydrogens (tertiary/aromatic N) is 1. The van der Waals surface area contributed by atoms with E-state index in [0.717, 1.165) is 12.7 Å². The van der Waals surface area contributed by atoms with Gasteiger partial charge >= 0.3 is 0 Å². The second kappa shape index (κ2) is 5.72. The van der Waals surface area contributed by atoms with Gasteiger partial charge in [0.2, 0.25) is 0 Å². The first-order valence-electron chi connectivity index (χ1n) is 6.41. The highest BCUT2D eigenvalue weighted by Crippen LogP contribution is 2.22. The molecule has 2 aliphatic rings. The Kier molecular flexibility index (Phi) is 4.26. The van der Waals surface area contributed by atoms with Crippen LogP contribution in [0.1, 0.15) is 51.4 Å². The average molecular weight is 196 g/mol. The monoisotopic (exact) mass is 196 g/mol. The van der Waals surface area contributed by atoms with E-state index >= 15 is 0 Å². The van der Waals surface area contributed by atoms with E-state index in [1.165, 1.54) is 64.5 Å². The second-order valence-electron chi connectivity index (χ2n) is 4.82. The smallest absolute Gasteiger partial charge is 0.0483 e. The average Bonchev–Trinajstić information content (AvgIpc) is 2.62. The first-order chi connectivity index (χ1) is 6.97. The molecule has 2 rings (SSSR count). The van der Waals surface area contributed by atoms with Crippen LogP contribution in [0.5, 0.6) is 0 Å². The molecule has 0 radical (unpaired) electrons. The lowest BCUT2D eigenvalue weighted by Gasteiger charge is -2.29. The van der Waals surface area contributed by atoms with E-state index < -0.39 is 0 Å². The molecule has 1 N–H and O–H groups in total. The van der Waals surface area contributed by atoms with Crippen molar-refractivity contribution in [2.24, 2.45) is 0 Å². The third-order valence-electron chi connectivity index (χ3n) is 3.70. The fourth-order valence-corrected chi connectivity index (χ4v) is 2.80. The highest BCUT2D eigenvalue weighted by atomic mass is 15.2. The summed E-state index contributed by atoms with van der Waals surface area (Å²) in [6, 6.07) is 0.892. The molecule has 82 valence electrons. The van der Waals surface area contributed by atoms with Crippen molar-refractivity contribution in [2.45, 2.75) is 57.4 Å². The van der Waals surface area contributed by atoms with Crippen molar-refractivity contribution >= 4 is 0 Å². The Labute approximate surface area is 88.1 Å². The van der Waals surface area contributed by atoms with E-state index in [0.29, 0.717) is 0 Å². The number of rotatable bonds is 1. The molecule has 0 aromatic rings. The predicted molar refractivity (Wildman–Crippen MR) is 60.3 cm³/mol. The molecular weight excluding hydrogens is 172 g/mol. The minimum absolute atomic E-state index is 0.892. The van der Waals surface area contributed by atoms with Crippen molar-refractivity contribution in [3.63, 3.8) is 0 Å². The van der Waals surface area contributed by atoms with E-state index in [4.69, 9.17) is 0 Å². The van der Waals surface area contributed by atoms with Crippen molar-refractivity contribution in [1.82, 2.24) is 10.2 Å². The van der Waals surface area contributed by atoms with Gasteiger partial charge in [-0.15, -0.1) is 0 Å². The molecule has 2 heteroatoms. The van der Waals surface area contributed by atoms with Crippen LogP contribution in [0, 0.1) is 0 Å². The van der Waals surface area contributed by atoms with Crippen molar-refractivity contribution < 1.29 is 0 Å². The van der Waals surface area contributed by atoms with Crippen LogP contribution in [0.4, 0.5) is 0 Å². The van der Waals surface area contributed by atoms with E-state index in [1.807, 2.05) is 0 Å². The van der Waals surface area contributed by atoms with Crippen molar-refractivity contribution in [1.29, 1.82) is 0 Å². The summed E-state index contributed by atoms with van der Waals surface area (Å²) in [5.41, 5.74) is 0. The molecule has 0 aromatic heterocycles. The summed E-state index contributed by atoms with van der Waals surface area (Å²) in [4.78, 5) is 2.69. The minimum atomic E-state index is 0.892. The molecule has 0 aromatic carbocycles. The zero-order valence-electron chi connectivity index (χ0n) is 9.30. The largest absolute Gasteiger partial charge is 0.304 e. The lowest BCUT2D eigenvalue weighted by Crippen LogP contribution is -2.40. The fourth-order valence-electron chi connectivity index (χ4n) is 2.80. The zero-order chi connectivity index (χ0) is 9.64. The highest BCUT2D eigenvalue weighted by Gasteiger charge is 2.20. The third kappa shape index (κ3) is 2.96. The Balaban J connectivity index is 1.83. The maximum atomic E-state index is 3.54. The van der Waals surface area contributed by atoms with Crippen LogP contribution in [0.25, 0.3) is 0 Å². The molecule has 0 spiro atoms. The zero-order valence-corrected chi connectivity index (χ0v) is 9.30. The van der Waals surface area contributed by atoms with E-state index in [-0.39, 0.29) is 0 Å². The fraction of sp³-hybridized carbons (Fsp3) is 1.00. The van der Waals surface area contributed by atoms with Gasteiger partial charge in [0.1, 0.15) is 0 Å². The normalized spacial score (nSPS) is 28.3. The van der Waals surface area contributed by atoms with Crippen LogP contribution in [-0.4, -0.2) is 30.7 Å². The molecule has 1 heterocycles. The second-order valence-corrected chi connectivity index (χ2v) is 4.82. The molecule has 2 nitrogen and oxygen atoms in total. The Morgan fingerprint density at radius 2 is 1.64 bits per heavy atom. The van der Waals surface area contributed by atoms with Gasteiger partial charge in [-0.1, -0.05) is 25.7 Å². The first-order valence-corrected chi connectivity index (χ1v) is 6.41. The molecule has 14 heavy (non-hydrogen) atoms. The summed E-state index contributed by atoms with van der Waals surface area (Å²) < 4.78 is 0. The number of hydrogen-bond acceptors (Lipinski definition) is 2. The highest BCUT2D eigenvalue weighted by molar-refractivity contribution is 4.75. The summed E-state index contributed by atoms with van der Waals surface area (Å²) in [6.45, 7) is 3.70. The maximum absolute atomic E-state index is 3.54. The molecule has 0 amide bonds. The first kappa shape index (κ1) is 10.4. The lowest BCUT2D eigenvalue weighted by molar-refractivity contribution is 0.177. The van der Waals surface area contributed by atoms with Gasteiger partial charge in [-0.2, -0.15) is 0 Å². The SMILES string of the molecule is C1CCCC(N2CCCCNC2)CC1. The molecular formula is C12H24N2. The van der Waals surface area contributed by atoms with Crippen LogP contribution < -0.4 is 5.32 Å². The summed E-state index contributed by atoms with van der Waals surface area (Å²) in [5, 5.41) is 3.54. The van der Waals surface area contributed by atoms with E-state index in [1.54, 1.807) is 0 Å². The van der Waals surface area contributed by atoms with E-state index in [9.17, 15) is 0 Å². The number of hydrogen-bond donors (Lipinski definition) is 1. The Morgan fingerprint density at radius 1 is 0.857 bits per heavy atom. The van der Waals surface area contributed by atoms with E-state index in [2.05, 4.69) is 10.2 Å². The molecule has 1 saturated heterocycles. The Morgan fingerprint density at radius 3 is 2.43 bits per heavy atom. The molecule has 0 atom stereocenters. The van der Waals surface area contributed by atoms with Gasteiger partial charge in [0, 0.05) is 12.7 Å². The molecule has 1 saturated carbocycles. The van der Waals surface area contributed by atoms with Crippen LogP contribution in [0.2, 0.25) is 0 Å². The van der Waals surface area contributed by atoms with Crippen LogP contribution in [0.15, 0.2) is 0 Å². The Bertz CT molecular complexity index is 124. The lowest BCUT2D eigenvalue weighted by atomic mass is 10.1. The summed E-state index contributed by atoms with van der Waals surface area (Å²) in [7, 11) is 0. The molecule has 1 aliphatic carbocycles. The van der Waals surface area contributed by atoms with Crippen LogP contribution >= 0.6 is 0 Å². The van der Waals surface area contributed by atoms with Gasteiger partial charge in [0.05, 0.1) is 0 Å². The standard InChI is InChI=1S/C12H24N2/c1-2-4-8-12(7-3-1)14-10-6-5-9-13-11-14/h12-13H,1-11H2. The molecule has 0 bridgehead atoms. The van der Waals surface area contributed by atoms with Crippen LogP contribution in [0.3, 0.4) is 0 Å². The van der Waals surface area contributed by atoms with Gasteiger partial charge in [-0.3, -0.25) is 4.90 Å². The molecule has 0 unspecified atom stereocenters. The minimum Gasteiger partial charge on any atom is -0.304 e. The van der Waals surface area contributed by atoms with Crippen LogP contribution in [-0.2, 0) is 0 Å². The van der Waals surface area contributed by atoms with Gasteiger partial charge < -0.3 is 5.32 Å². The van der Waals surface area contributed by atoms with Crippen molar-refractivity contribution in [3.05, 3.63) is 0 Å². The van der Waals surface area contributed by atoms with Crippen molar-refractivity contribution in [2.75, 3.05) is 19.8 Å². The maximum Gasteiger partial charge on any atom is 0.0483 e. The van der Waals surface area contributed by atoms with Crippen molar-refractivity contribution in [3.8, 4) is 0 Å². The topological polar surface area (TPSA) is 15.3 Å². The quantitative estimate of drug-likeness (QED) is 0.648. The van der Waals surface area contributed by atoms with Gasteiger partial charge in [-0.25, -0.2) is 0 Å². The summed E-state index contributed by atoms with van der Waals surface area (Å²) >= 11 is 0. The Hall–Kier alpha value is -0.0800. The van der Waals surface area contributed by atoms with Gasteiger partial charge in [0.25, 0.3) is 0 Å². The molecule has 1 aliphatic heterocycles. The summed E-state index contributed by atoms with van der Waals surface area (Å²) in [5.74, 6) is 0. The van der Waals surface area contributed by atoms with Gasteiger partial charge in [0.15, 0.2) is 0 Å². The summed E-state index contributed by atoms with van der Waals surface area (Å²) in [6.07, 6.45) is 11.5. The molecule has 2 fully saturated rings. The number of nitrogens with one attached hydrogen (secondary N) is 1. The third-order valence-corrected chi connectivity index (χ3v) is 3.70.